The molecule has 0 aliphatic carbocycles. The van der Waals surface area contributed by atoms with Crippen LogP contribution in [-0.4, -0.2) is 84.8 Å². The van der Waals surface area contributed by atoms with Gasteiger partial charge in [-0.25, -0.2) is 4.31 Å². The summed E-state index contributed by atoms with van der Waals surface area (Å²) in [4.78, 5) is 5.23. The Hall–Kier alpha value is 0.190. The maximum absolute atomic E-state index is 3.61. The van der Waals surface area contributed by atoms with Crippen molar-refractivity contribution >= 4 is 11.9 Å². The van der Waals surface area contributed by atoms with Crippen molar-refractivity contribution < 1.29 is 0 Å². The predicted octanol–water partition coefficient (Wildman–Crippen LogP) is 1.88. The summed E-state index contributed by atoms with van der Waals surface area (Å²) < 4.78 is 2.62. The van der Waals surface area contributed by atoms with E-state index in [1.807, 2.05) is 0 Å². The second-order valence-electron chi connectivity index (χ2n) is 7.27. The molecule has 0 radical (unpaired) electrons. The summed E-state index contributed by atoms with van der Waals surface area (Å²) in [6.07, 6.45) is 8.28. The molecule has 1 atom stereocenters. The molecule has 0 saturated carbocycles. The van der Waals surface area contributed by atoms with Crippen LogP contribution >= 0.6 is 11.9 Å². The molecule has 128 valence electrons. The Morgan fingerprint density at radius 1 is 1.00 bits per heavy atom. The third-order valence-corrected chi connectivity index (χ3v) is 6.81. The smallest absolute Gasteiger partial charge is 0.0218 e. The molecule has 3 saturated heterocycles. The molecule has 0 aromatic heterocycles. The highest BCUT2D eigenvalue weighted by Gasteiger charge is 2.26. The fourth-order valence-electron chi connectivity index (χ4n) is 4.08. The van der Waals surface area contributed by atoms with Crippen LogP contribution in [0.3, 0.4) is 0 Å². The lowest BCUT2D eigenvalue weighted by Crippen LogP contribution is -2.51. The molecule has 4 nitrogen and oxygen atoms in total. The first-order valence-corrected chi connectivity index (χ1v) is 10.3. The van der Waals surface area contributed by atoms with E-state index in [1.165, 1.54) is 90.1 Å². The van der Waals surface area contributed by atoms with E-state index in [0.29, 0.717) is 0 Å². The lowest BCUT2D eigenvalue weighted by atomic mass is 10.0. The Bertz CT molecular complexity index is 306. The van der Waals surface area contributed by atoms with Crippen molar-refractivity contribution in [1.29, 1.82) is 0 Å². The minimum absolute atomic E-state index is 0.821. The molecule has 0 aromatic rings. The Kier molecular flexibility index (Phi) is 6.87. The minimum atomic E-state index is 0.821. The van der Waals surface area contributed by atoms with Gasteiger partial charge >= 0.3 is 0 Å². The lowest BCUT2D eigenvalue weighted by molar-refractivity contribution is 0.0919. The molecule has 3 aliphatic rings. The van der Waals surface area contributed by atoms with Gasteiger partial charge in [0, 0.05) is 44.0 Å². The molecule has 1 N–H and O–H groups in total. The van der Waals surface area contributed by atoms with Crippen LogP contribution in [0.5, 0.6) is 0 Å². The molecule has 0 aromatic carbocycles. The predicted molar refractivity (Wildman–Crippen MR) is 96.4 cm³/mol. The molecule has 3 heterocycles. The van der Waals surface area contributed by atoms with Gasteiger partial charge in [0.15, 0.2) is 0 Å². The largest absolute Gasteiger partial charge is 0.314 e. The number of hydrogen-bond acceptors (Lipinski definition) is 5. The number of rotatable bonds is 6. The van der Waals surface area contributed by atoms with Crippen molar-refractivity contribution in [3.8, 4) is 0 Å². The maximum atomic E-state index is 3.61. The normalized spacial score (nSPS) is 30.1. The summed E-state index contributed by atoms with van der Waals surface area (Å²) in [5.74, 6) is 1.31. The molecule has 3 fully saturated rings. The molecule has 5 heteroatoms. The van der Waals surface area contributed by atoms with Crippen LogP contribution in [0.2, 0.25) is 0 Å². The van der Waals surface area contributed by atoms with E-state index in [9.17, 15) is 0 Å². The zero-order chi connectivity index (χ0) is 15.2. The quantitative estimate of drug-likeness (QED) is 0.593. The number of likely N-dealkylation sites (tertiary alicyclic amines) is 1. The molecule has 0 bridgehead atoms. The minimum Gasteiger partial charge on any atom is -0.314 e. The fourth-order valence-corrected chi connectivity index (χ4v) is 5.06. The summed E-state index contributed by atoms with van der Waals surface area (Å²) in [5.41, 5.74) is 0. The summed E-state index contributed by atoms with van der Waals surface area (Å²) in [5, 5.41) is 3.61. The third-order valence-electron chi connectivity index (χ3n) is 5.61. The Labute approximate surface area is 141 Å². The molecule has 0 amide bonds. The van der Waals surface area contributed by atoms with Crippen LogP contribution in [0, 0.1) is 0 Å². The van der Waals surface area contributed by atoms with Gasteiger partial charge in [0.05, 0.1) is 0 Å². The van der Waals surface area contributed by atoms with E-state index in [2.05, 4.69) is 38.4 Å². The van der Waals surface area contributed by atoms with Gasteiger partial charge in [0.1, 0.15) is 0 Å². The lowest BCUT2D eigenvalue weighted by Gasteiger charge is -2.41. The Morgan fingerprint density at radius 2 is 1.77 bits per heavy atom. The Morgan fingerprint density at radius 3 is 2.45 bits per heavy atom. The molecular weight excluding hydrogens is 292 g/mol. The van der Waals surface area contributed by atoms with Gasteiger partial charge in [0.25, 0.3) is 0 Å². The fraction of sp³-hybridized carbons (Fsp3) is 1.00. The monoisotopic (exact) mass is 326 g/mol. The summed E-state index contributed by atoms with van der Waals surface area (Å²) >= 11 is 2.10. The van der Waals surface area contributed by atoms with Crippen LogP contribution in [-0.2, 0) is 0 Å². The standard InChI is InChI=1S/C17H34N4S/c1-19-9-6-17(7-10-19)20-11-13-21(14-12-20)22-15-3-5-16-4-2-8-18-16/h16-18H,2-15H2,1H3. The van der Waals surface area contributed by atoms with E-state index in [0.717, 1.165) is 12.1 Å². The maximum Gasteiger partial charge on any atom is 0.0218 e. The third kappa shape index (κ3) is 5.10. The first-order valence-electron chi connectivity index (χ1n) is 9.35. The average Bonchev–Trinajstić information content (AvgIpc) is 3.06. The summed E-state index contributed by atoms with van der Waals surface area (Å²) in [6.45, 7) is 8.91. The first-order chi connectivity index (χ1) is 10.8. The molecular formula is C17H34N4S. The number of nitrogens with one attached hydrogen (secondary N) is 1. The van der Waals surface area contributed by atoms with Crippen LogP contribution in [0.25, 0.3) is 0 Å². The van der Waals surface area contributed by atoms with Gasteiger partial charge in [-0.15, -0.1) is 0 Å². The van der Waals surface area contributed by atoms with Gasteiger partial charge < -0.3 is 10.2 Å². The van der Waals surface area contributed by atoms with E-state index in [4.69, 9.17) is 0 Å². The summed E-state index contributed by atoms with van der Waals surface area (Å²) in [6, 6.07) is 1.68. The molecule has 1 unspecified atom stereocenters. The number of hydrogen-bond donors (Lipinski definition) is 1. The second kappa shape index (κ2) is 8.88. The van der Waals surface area contributed by atoms with Crippen LogP contribution in [0.1, 0.15) is 38.5 Å². The van der Waals surface area contributed by atoms with E-state index in [1.54, 1.807) is 0 Å². The van der Waals surface area contributed by atoms with Gasteiger partial charge in [-0.3, -0.25) is 4.90 Å². The van der Waals surface area contributed by atoms with Crippen LogP contribution in [0.15, 0.2) is 0 Å². The molecule has 22 heavy (non-hydrogen) atoms. The van der Waals surface area contributed by atoms with Gasteiger partial charge in [-0.2, -0.15) is 0 Å². The van der Waals surface area contributed by atoms with Crippen molar-refractivity contribution in [2.45, 2.75) is 50.6 Å². The Balaban J connectivity index is 1.25. The van der Waals surface area contributed by atoms with Crippen LogP contribution < -0.4 is 5.32 Å². The molecule has 0 spiro atoms. The van der Waals surface area contributed by atoms with Crippen LogP contribution in [0.4, 0.5) is 0 Å². The van der Waals surface area contributed by atoms with Gasteiger partial charge in [-0.05, 0) is 65.2 Å². The van der Waals surface area contributed by atoms with Crippen molar-refractivity contribution in [2.24, 2.45) is 0 Å². The highest BCUT2D eigenvalue weighted by atomic mass is 32.2. The SMILES string of the molecule is CN1CCC(N2CCN(SCCCC3CCCN3)CC2)CC1. The van der Waals surface area contributed by atoms with Gasteiger partial charge in [0.2, 0.25) is 0 Å². The number of nitrogens with zero attached hydrogens (tertiary/aromatic N) is 3. The van der Waals surface area contributed by atoms with E-state index in [-0.39, 0.29) is 0 Å². The highest BCUT2D eigenvalue weighted by Crippen LogP contribution is 2.21. The zero-order valence-electron chi connectivity index (χ0n) is 14.3. The molecule has 3 aliphatic heterocycles. The van der Waals surface area contributed by atoms with Gasteiger partial charge in [-0.1, -0.05) is 11.9 Å². The van der Waals surface area contributed by atoms with Crippen molar-refractivity contribution in [1.82, 2.24) is 19.4 Å². The van der Waals surface area contributed by atoms with E-state index < -0.39 is 0 Å². The number of piperidine rings is 1. The van der Waals surface area contributed by atoms with Crippen molar-refractivity contribution in [2.75, 3.05) is 58.6 Å². The average molecular weight is 327 g/mol. The molecule has 3 rings (SSSR count). The summed E-state index contributed by atoms with van der Waals surface area (Å²) in [7, 11) is 2.26. The highest BCUT2D eigenvalue weighted by molar-refractivity contribution is 7.97. The zero-order valence-corrected chi connectivity index (χ0v) is 15.1. The second-order valence-corrected chi connectivity index (χ2v) is 8.45. The van der Waals surface area contributed by atoms with E-state index >= 15 is 0 Å². The first kappa shape index (κ1) is 17.0. The van der Waals surface area contributed by atoms with Crippen molar-refractivity contribution in [3.05, 3.63) is 0 Å². The number of piperazine rings is 1. The van der Waals surface area contributed by atoms with Crippen molar-refractivity contribution in [3.63, 3.8) is 0 Å². The topological polar surface area (TPSA) is 21.8 Å².